The summed E-state index contributed by atoms with van der Waals surface area (Å²) in [6.45, 7) is -1.07. The maximum atomic E-state index is 13.2. The third-order valence-corrected chi connectivity index (χ3v) is 8.63. The van der Waals surface area contributed by atoms with Crippen LogP contribution in [-0.2, 0) is 24.3 Å². The topological polar surface area (TPSA) is 67.4 Å². The summed E-state index contributed by atoms with van der Waals surface area (Å²) in [6.07, 6.45) is 10.5. The highest BCUT2D eigenvalue weighted by Gasteiger charge is 2.51. The normalized spacial score (nSPS) is 29.3. The molecule has 2 heterocycles. The van der Waals surface area contributed by atoms with Crippen LogP contribution in [0.2, 0.25) is 0 Å². The number of nitrogens with one attached hydrogen (secondary N) is 1. The molecular weight excluding hydrogens is 450 g/mol. The van der Waals surface area contributed by atoms with Crippen molar-refractivity contribution in [1.29, 1.82) is 0 Å². The first-order valence-corrected chi connectivity index (χ1v) is 12.8. The number of hydrogen-bond donors (Lipinski definition) is 1. The minimum Gasteiger partial charge on any atom is -0.434 e. The van der Waals surface area contributed by atoms with Gasteiger partial charge in [-0.3, -0.25) is 9.69 Å². The fourth-order valence-electron chi connectivity index (χ4n) is 7.76. The van der Waals surface area contributed by atoms with Gasteiger partial charge in [0.2, 0.25) is 5.91 Å². The third-order valence-electron chi connectivity index (χ3n) is 8.63. The number of carbonyl (C=O) groups is 1. The summed E-state index contributed by atoms with van der Waals surface area (Å²) in [5.41, 5.74) is 2.77. The number of fused-ring (bicyclic) bond motifs is 1. The number of para-hydroxylation sites is 1. The number of nitrogens with zero attached hydrogens (tertiary/aromatic N) is 3. The maximum Gasteiger partial charge on any atom is 0.387 e. The molecule has 1 aromatic carbocycles. The second-order valence-electron chi connectivity index (χ2n) is 11.2. The summed E-state index contributed by atoms with van der Waals surface area (Å²) in [6, 6.07) is 6.89. The van der Waals surface area contributed by atoms with Gasteiger partial charge in [-0.2, -0.15) is 8.78 Å². The van der Waals surface area contributed by atoms with E-state index in [0.717, 1.165) is 41.1 Å². The molecule has 4 fully saturated rings. The molecular formula is C27H32F2N4O2. The predicted octanol–water partition coefficient (Wildman–Crippen LogP) is 5.18. The second kappa shape index (κ2) is 9.12. The van der Waals surface area contributed by atoms with E-state index in [1.54, 1.807) is 12.1 Å². The molecule has 4 bridgehead atoms. The van der Waals surface area contributed by atoms with Crippen LogP contribution in [0.5, 0.6) is 5.75 Å². The number of ether oxygens (including phenoxy) is 1. The van der Waals surface area contributed by atoms with Gasteiger partial charge in [0.25, 0.3) is 0 Å². The lowest BCUT2D eigenvalue weighted by molar-refractivity contribution is -0.124. The zero-order chi connectivity index (χ0) is 24.0. The van der Waals surface area contributed by atoms with Gasteiger partial charge in [-0.1, -0.05) is 18.2 Å². The molecule has 1 N–H and O–H groups in total. The lowest BCUT2D eigenvalue weighted by Crippen LogP contribution is -2.47. The molecule has 1 aromatic heterocycles. The molecule has 8 heteroatoms. The van der Waals surface area contributed by atoms with E-state index in [1.807, 2.05) is 12.1 Å². The fourth-order valence-corrected chi connectivity index (χ4v) is 7.76. The summed E-state index contributed by atoms with van der Waals surface area (Å²) in [4.78, 5) is 24.2. The van der Waals surface area contributed by atoms with Crippen molar-refractivity contribution in [3.05, 3.63) is 47.4 Å². The Morgan fingerprint density at radius 2 is 1.83 bits per heavy atom. The molecule has 0 atom stereocenters. The van der Waals surface area contributed by atoms with Gasteiger partial charge >= 0.3 is 6.61 Å². The smallest absolute Gasteiger partial charge is 0.387 e. The van der Waals surface area contributed by atoms with E-state index in [1.165, 1.54) is 44.9 Å². The van der Waals surface area contributed by atoms with Crippen LogP contribution in [0, 0.1) is 23.2 Å². The van der Waals surface area contributed by atoms with Crippen LogP contribution in [0.4, 0.5) is 14.6 Å². The molecule has 4 aliphatic carbocycles. The highest BCUT2D eigenvalue weighted by atomic mass is 19.3. The lowest BCUT2D eigenvalue weighted by atomic mass is 9.49. The molecule has 5 aliphatic rings. The Kier molecular flexibility index (Phi) is 5.95. The van der Waals surface area contributed by atoms with Crippen LogP contribution < -0.4 is 10.1 Å². The van der Waals surface area contributed by atoms with Crippen molar-refractivity contribution in [2.75, 3.05) is 11.9 Å². The number of carbonyl (C=O) groups excluding carboxylic acids is 1. The zero-order valence-electron chi connectivity index (χ0n) is 19.9. The van der Waals surface area contributed by atoms with E-state index in [-0.39, 0.29) is 17.1 Å². The van der Waals surface area contributed by atoms with Crippen LogP contribution in [0.1, 0.15) is 61.8 Å². The molecule has 0 saturated heterocycles. The summed E-state index contributed by atoms with van der Waals surface area (Å²) < 4.78 is 30.2. The Morgan fingerprint density at radius 1 is 1.11 bits per heavy atom. The van der Waals surface area contributed by atoms with E-state index in [0.29, 0.717) is 31.7 Å². The Morgan fingerprint density at radius 3 is 2.54 bits per heavy atom. The number of hydrogen-bond acceptors (Lipinski definition) is 5. The number of aromatic nitrogens is 2. The Balaban J connectivity index is 1.12. The minimum atomic E-state index is -2.85. The highest BCUT2D eigenvalue weighted by Crippen LogP contribution is 2.61. The first kappa shape index (κ1) is 22.8. The summed E-state index contributed by atoms with van der Waals surface area (Å²) in [7, 11) is 0. The number of alkyl halides is 2. The Bertz CT molecular complexity index is 1070. The monoisotopic (exact) mass is 482 g/mol. The summed E-state index contributed by atoms with van der Waals surface area (Å²) in [5.74, 6) is 3.38. The number of amides is 1. The molecule has 7 rings (SSSR count). The molecule has 2 aromatic rings. The first-order chi connectivity index (χ1) is 16.9. The van der Waals surface area contributed by atoms with Gasteiger partial charge in [-0.25, -0.2) is 9.97 Å². The van der Waals surface area contributed by atoms with E-state index >= 15 is 0 Å². The average molecular weight is 483 g/mol. The van der Waals surface area contributed by atoms with Crippen LogP contribution >= 0.6 is 0 Å². The third kappa shape index (κ3) is 4.77. The van der Waals surface area contributed by atoms with E-state index in [9.17, 15) is 13.6 Å². The second-order valence-corrected chi connectivity index (χ2v) is 11.2. The largest absolute Gasteiger partial charge is 0.434 e. The van der Waals surface area contributed by atoms with Crippen molar-refractivity contribution in [2.45, 2.75) is 71.1 Å². The molecule has 1 aliphatic heterocycles. The number of anilines is 1. The van der Waals surface area contributed by atoms with Crippen molar-refractivity contribution in [3.63, 3.8) is 0 Å². The lowest BCUT2D eigenvalue weighted by Gasteiger charge is -2.56. The van der Waals surface area contributed by atoms with Gasteiger partial charge < -0.3 is 10.1 Å². The van der Waals surface area contributed by atoms with Crippen LogP contribution in [-0.4, -0.2) is 33.9 Å². The van der Waals surface area contributed by atoms with Gasteiger partial charge in [0, 0.05) is 37.2 Å². The maximum absolute atomic E-state index is 13.2. The number of rotatable bonds is 7. The van der Waals surface area contributed by atoms with Crippen molar-refractivity contribution < 1.29 is 18.3 Å². The predicted molar refractivity (Wildman–Crippen MR) is 127 cm³/mol. The number of benzene rings is 1. The van der Waals surface area contributed by atoms with Crippen molar-refractivity contribution in [1.82, 2.24) is 14.9 Å². The SMILES string of the molecule is O=C(CC12CC3CC(CC(C3)C1)C2)Nc1ncnc2c1CCN(Cc1ccccc1OC(F)F)C2. The Hall–Kier alpha value is -2.61. The molecule has 1 amide bonds. The molecule has 0 unspecified atom stereocenters. The van der Waals surface area contributed by atoms with E-state index < -0.39 is 6.61 Å². The summed E-state index contributed by atoms with van der Waals surface area (Å²) >= 11 is 0. The van der Waals surface area contributed by atoms with Gasteiger partial charge in [-0.15, -0.1) is 0 Å². The summed E-state index contributed by atoms with van der Waals surface area (Å²) in [5, 5.41) is 3.13. The standard InChI is InChI=1S/C27H32F2N4O2/c28-26(29)35-23-4-2-1-3-20(23)14-33-6-5-21-22(15-33)30-16-31-25(21)32-24(34)13-27-10-17-7-18(11-27)9-19(8-17)12-27/h1-4,16-19,26H,5-15H2,(H,30,31,32,34). The zero-order valence-corrected chi connectivity index (χ0v) is 19.9. The highest BCUT2D eigenvalue weighted by molar-refractivity contribution is 5.91. The van der Waals surface area contributed by atoms with Crippen LogP contribution in [0.3, 0.4) is 0 Å². The van der Waals surface area contributed by atoms with Gasteiger partial charge in [-0.05, 0) is 74.2 Å². The van der Waals surface area contributed by atoms with E-state index in [4.69, 9.17) is 0 Å². The van der Waals surface area contributed by atoms with Crippen molar-refractivity contribution in [2.24, 2.45) is 23.2 Å². The molecule has 186 valence electrons. The average Bonchev–Trinajstić information content (AvgIpc) is 2.79. The first-order valence-electron chi connectivity index (χ1n) is 12.8. The molecule has 4 saturated carbocycles. The van der Waals surface area contributed by atoms with E-state index in [2.05, 4.69) is 24.9 Å². The number of halogens is 2. The molecule has 35 heavy (non-hydrogen) atoms. The molecule has 6 nitrogen and oxygen atoms in total. The van der Waals surface area contributed by atoms with Gasteiger partial charge in [0.15, 0.2) is 0 Å². The fraction of sp³-hybridized carbons (Fsp3) is 0.593. The van der Waals surface area contributed by atoms with Crippen LogP contribution in [0.15, 0.2) is 30.6 Å². The molecule has 0 radical (unpaired) electrons. The quantitative estimate of drug-likeness (QED) is 0.589. The van der Waals surface area contributed by atoms with Gasteiger partial charge in [0.05, 0.1) is 5.69 Å². The molecule has 0 spiro atoms. The van der Waals surface area contributed by atoms with Crippen molar-refractivity contribution >= 4 is 11.7 Å². The van der Waals surface area contributed by atoms with Gasteiger partial charge in [0.1, 0.15) is 17.9 Å². The minimum absolute atomic E-state index is 0.0772. The van der Waals surface area contributed by atoms with Crippen molar-refractivity contribution in [3.8, 4) is 5.75 Å². The Labute approximate surface area is 204 Å². The van der Waals surface area contributed by atoms with Crippen LogP contribution in [0.25, 0.3) is 0 Å².